The number of sulfonamides is 1. The molecular weight excluding hydrogens is 318 g/mol. The third kappa shape index (κ3) is 3.70. The van der Waals surface area contributed by atoms with Crippen molar-refractivity contribution in [2.24, 2.45) is 0 Å². The molecule has 1 aliphatic rings. The Bertz CT molecular complexity index is 518. The zero-order chi connectivity index (χ0) is 13.2. The summed E-state index contributed by atoms with van der Waals surface area (Å²) < 4.78 is 31.3. The minimum Gasteiger partial charge on any atom is -0.489 e. The SMILES string of the molecule is CS(=O)(=O)N1CCCC(Oc2cccc(Br)c2)C1. The number of nitrogens with zero attached hydrogens (tertiary/aromatic N) is 1. The molecule has 1 fully saturated rings. The van der Waals surface area contributed by atoms with Crippen molar-refractivity contribution in [3.8, 4) is 5.75 Å². The lowest BCUT2D eigenvalue weighted by Gasteiger charge is -2.31. The highest BCUT2D eigenvalue weighted by molar-refractivity contribution is 9.10. The van der Waals surface area contributed by atoms with E-state index in [1.807, 2.05) is 24.3 Å². The number of rotatable bonds is 3. The van der Waals surface area contributed by atoms with Crippen LogP contribution in [0.2, 0.25) is 0 Å². The van der Waals surface area contributed by atoms with Gasteiger partial charge in [0.15, 0.2) is 0 Å². The van der Waals surface area contributed by atoms with Crippen molar-refractivity contribution in [3.05, 3.63) is 28.7 Å². The molecule has 1 aliphatic heterocycles. The summed E-state index contributed by atoms with van der Waals surface area (Å²) in [7, 11) is -3.12. The number of hydrogen-bond acceptors (Lipinski definition) is 3. The lowest BCUT2D eigenvalue weighted by molar-refractivity contribution is 0.130. The Hall–Kier alpha value is -0.590. The van der Waals surface area contributed by atoms with E-state index in [9.17, 15) is 8.42 Å². The van der Waals surface area contributed by atoms with Crippen LogP contribution in [0, 0.1) is 0 Å². The van der Waals surface area contributed by atoms with E-state index in [1.54, 1.807) is 0 Å². The fraction of sp³-hybridized carbons (Fsp3) is 0.500. The Morgan fingerprint density at radius 1 is 1.44 bits per heavy atom. The second-order valence-corrected chi connectivity index (χ2v) is 7.36. The van der Waals surface area contributed by atoms with Gasteiger partial charge < -0.3 is 4.74 Å². The predicted molar refractivity (Wildman–Crippen MR) is 74.2 cm³/mol. The highest BCUT2D eigenvalue weighted by atomic mass is 79.9. The summed E-state index contributed by atoms with van der Waals surface area (Å²) in [6.45, 7) is 1.03. The summed E-state index contributed by atoms with van der Waals surface area (Å²) in [5, 5.41) is 0. The van der Waals surface area contributed by atoms with Crippen LogP contribution in [0.3, 0.4) is 0 Å². The molecule has 4 nitrogen and oxygen atoms in total. The second kappa shape index (κ2) is 5.59. The zero-order valence-corrected chi connectivity index (χ0v) is 12.6. The number of hydrogen-bond donors (Lipinski definition) is 0. The van der Waals surface area contributed by atoms with Crippen LogP contribution >= 0.6 is 15.9 Å². The molecule has 6 heteroatoms. The summed E-state index contributed by atoms with van der Waals surface area (Å²) in [6.07, 6.45) is 2.90. The maximum absolute atomic E-state index is 11.5. The standard InChI is InChI=1S/C12H16BrNO3S/c1-18(15,16)14-7-3-6-12(9-14)17-11-5-2-4-10(13)8-11/h2,4-5,8,12H,3,6-7,9H2,1H3. The zero-order valence-electron chi connectivity index (χ0n) is 10.2. The maximum atomic E-state index is 11.5. The molecule has 2 rings (SSSR count). The number of piperidine rings is 1. The molecule has 0 radical (unpaired) electrons. The van der Waals surface area contributed by atoms with Crippen LogP contribution in [0.25, 0.3) is 0 Å². The molecule has 1 aromatic carbocycles. The van der Waals surface area contributed by atoms with Gasteiger partial charge in [-0.3, -0.25) is 0 Å². The smallest absolute Gasteiger partial charge is 0.211 e. The molecule has 1 heterocycles. The quantitative estimate of drug-likeness (QED) is 0.852. The van der Waals surface area contributed by atoms with Gasteiger partial charge in [-0.25, -0.2) is 8.42 Å². The van der Waals surface area contributed by atoms with E-state index in [0.29, 0.717) is 13.1 Å². The normalized spacial score (nSPS) is 21.8. The topological polar surface area (TPSA) is 46.6 Å². The van der Waals surface area contributed by atoms with Gasteiger partial charge in [0.2, 0.25) is 10.0 Å². The summed E-state index contributed by atoms with van der Waals surface area (Å²) in [5.41, 5.74) is 0. The molecule has 100 valence electrons. The molecular formula is C12H16BrNO3S. The van der Waals surface area contributed by atoms with Gasteiger partial charge in [0.1, 0.15) is 11.9 Å². The van der Waals surface area contributed by atoms with Crippen LogP contribution in [0.5, 0.6) is 5.75 Å². The molecule has 0 aromatic heterocycles. The van der Waals surface area contributed by atoms with Crippen LogP contribution in [0.4, 0.5) is 0 Å². The Kier molecular flexibility index (Phi) is 4.29. The molecule has 1 atom stereocenters. The minimum absolute atomic E-state index is 0.0669. The van der Waals surface area contributed by atoms with Gasteiger partial charge in [-0.15, -0.1) is 0 Å². The van der Waals surface area contributed by atoms with E-state index in [2.05, 4.69) is 15.9 Å². The predicted octanol–water partition coefficient (Wildman–Crippen LogP) is 2.25. The third-order valence-electron chi connectivity index (χ3n) is 2.91. The Balaban J connectivity index is 2.02. The molecule has 0 amide bonds. The fourth-order valence-corrected chi connectivity index (χ4v) is 3.31. The van der Waals surface area contributed by atoms with Gasteiger partial charge in [0.25, 0.3) is 0 Å². The molecule has 0 spiro atoms. The van der Waals surface area contributed by atoms with Crippen LogP contribution < -0.4 is 4.74 Å². The largest absolute Gasteiger partial charge is 0.489 e. The average molecular weight is 334 g/mol. The summed E-state index contributed by atoms with van der Waals surface area (Å²) in [5.74, 6) is 0.768. The first-order valence-electron chi connectivity index (χ1n) is 5.82. The second-order valence-electron chi connectivity index (χ2n) is 4.46. The maximum Gasteiger partial charge on any atom is 0.211 e. The summed E-state index contributed by atoms with van der Waals surface area (Å²) in [4.78, 5) is 0. The summed E-state index contributed by atoms with van der Waals surface area (Å²) in [6, 6.07) is 7.59. The number of ether oxygens (including phenoxy) is 1. The van der Waals surface area contributed by atoms with E-state index in [4.69, 9.17) is 4.74 Å². The molecule has 1 unspecified atom stereocenters. The van der Waals surface area contributed by atoms with Gasteiger partial charge in [-0.2, -0.15) is 4.31 Å². The molecule has 0 aliphatic carbocycles. The van der Waals surface area contributed by atoms with Crippen molar-refractivity contribution in [2.45, 2.75) is 18.9 Å². The molecule has 1 saturated heterocycles. The molecule has 0 bridgehead atoms. The number of benzene rings is 1. The highest BCUT2D eigenvalue weighted by Crippen LogP contribution is 2.22. The van der Waals surface area contributed by atoms with Gasteiger partial charge >= 0.3 is 0 Å². The minimum atomic E-state index is -3.12. The first-order valence-corrected chi connectivity index (χ1v) is 8.46. The number of halogens is 1. The molecule has 0 N–H and O–H groups in total. The first-order chi connectivity index (χ1) is 8.45. The van der Waals surface area contributed by atoms with Gasteiger partial charge in [-0.1, -0.05) is 22.0 Å². The Morgan fingerprint density at radius 2 is 2.22 bits per heavy atom. The average Bonchev–Trinajstić information content (AvgIpc) is 2.28. The van der Waals surface area contributed by atoms with Crippen molar-refractivity contribution in [1.82, 2.24) is 4.31 Å². The van der Waals surface area contributed by atoms with Crippen molar-refractivity contribution in [1.29, 1.82) is 0 Å². The van der Waals surface area contributed by atoms with E-state index in [-0.39, 0.29) is 6.10 Å². The van der Waals surface area contributed by atoms with Gasteiger partial charge in [0.05, 0.1) is 12.8 Å². The van der Waals surface area contributed by atoms with E-state index < -0.39 is 10.0 Å². The van der Waals surface area contributed by atoms with Crippen molar-refractivity contribution >= 4 is 26.0 Å². The highest BCUT2D eigenvalue weighted by Gasteiger charge is 2.26. The Labute approximate surface area is 116 Å². The van der Waals surface area contributed by atoms with E-state index in [0.717, 1.165) is 23.1 Å². The summed E-state index contributed by atoms with van der Waals surface area (Å²) >= 11 is 3.38. The molecule has 0 saturated carbocycles. The van der Waals surface area contributed by atoms with Crippen molar-refractivity contribution < 1.29 is 13.2 Å². The first kappa shape index (κ1) is 13.8. The van der Waals surface area contributed by atoms with Gasteiger partial charge in [0, 0.05) is 11.0 Å². The van der Waals surface area contributed by atoms with Crippen LogP contribution in [0.15, 0.2) is 28.7 Å². The van der Waals surface area contributed by atoms with Crippen LogP contribution in [-0.4, -0.2) is 38.2 Å². The van der Waals surface area contributed by atoms with Crippen LogP contribution in [-0.2, 0) is 10.0 Å². The van der Waals surface area contributed by atoms with Crippen molar-refractivity contribution in [3.63, 3.8) is 0 Å². The van der Waals surface area contributed by atoms with E-state index >= 15 is 0 Å². The lowest BCUT2D eigenvalue weighted by Crippen LogP contribution is -2.43. The fourth-order valence-electron chi connectivity index (χ4n) is 2.04. The Morgan fingerprint density at radius 3 is 2.89 bits per heavy atom. The van der Waals surface area contributed by atoms with E-state index in [1.165, 1.54) is 10.6 Å². The molecule has 1 aromatic rings. The van der Waals surface area contributed by atoms with Crippen LogP contribution in [0.1, 0.15) is 12.8 Å². The monoisotopic (exact) mass is 333 g/mol. The third-order valence-corrected chi connectivity index (χ3v) is 4.67. The van der Waals surface area contributed by atoms with Crippen molar-refractivity contribution in [2.75, 3.05) is 19.3 Å². The lowest BCUT2D eigenvalue weighted by atomic mass is 10.1. The van der Waals surface area contributed by atoms with Gasteiger partial charge in [-0.05, 0) is 31.0 Å². The molecule has 18 heavy (non-hydrogen) atoms.